The van der Waals surface area contributed by atoms with E-state index in [4.69, 9.17) is 16.7 Å². The van der Waals surface area contributed by atoms with E-state index in [1.54, 1.807) is 6.07 Å². The van der Waals surface area contributed by atoms with Crippen LogP contribution in [0.15, 0.2) is 18.2 Å². The molecule has 0 heterocycles. The summed E-state index contributed by atoms with van der Waals surface area (Å²) >= 11 is 5.99. The summed E-state index contributed by atoms with van der Waals surface area (Å²) in [6.45, 7) is 2.56. The van der Waals surface area contributed by atoms with Gasteiger partial charge in [-0.25, -0.2) is 4.79 Å². The second kappa shape index (κ2) is 5.16. The van der Waals surface area contributed by atoms with Gasteiger partial charge in [-0.3, -0.25) is 0 Å². The number of amides is 2. The first kappa shape index (κ1) is 13.2. The first-order chi connectivity index (χ1) is 8.54. The molecule has 0 atom stereocenters. The van der Waals surface area contributed by atoms with Crippen molar-refractivity contribution in [1.82, 2.24) is 5.32 Å². The van der Waals surface area contributed by atoms with Crippen molar-refractivity contribution in [3.05, 3.63) is 28.8 Å². The quantitative estimate of drug-likeness (QED) is 0.786. The maximum absolute atomic E-state index is 11.7. The van der Waals surface area contributed by atoms with Gasteiger partial charge in [0.25, 0.3) is 0 Å². The summed E-state index contributed by atoms with van der Waals surface area (Å²) in [5, 5.41) is 15.1. The molecule has 2 amide bonds. The zero-order valence-corrected chi connectivity index (χ0v) is 11.0. The monoisotopic (exact) mass is 268 g/mol. The summed E-state index contributed by atoms with van der Waals surface area (Å²) in [4.78, 5) is 11.7. The molecule has 4 nitrogen and oxygen atoms in total. The van der Waals surface area contributed by atoms with E-state index in [1.807, 2.05) is 19.1 Å². The fraction of sp³-hybridized carbons (Fsp3) is 0.462. The van der Waals surface area contributed by atoms with Gasteiger partial charge in [-0.15, -0.1) is 0 Å². The van der Waals surface area contributed by atoms with Gasteiger partial charge in [0.15, 0.2) is 0 Å². The normalized spacial score (nSPS) is 16.2. The van der Waals surface area contributed by atoms with E-state index >= 15 is 0 Å². The highest BCUT2D eigenvalue weighted by molar-refractivity contribution is 6.33. The van der Waals surface area contributed by atoms with Crippen molar-refractivity contribution in [2.45, 2.75) is 19.8 Å². The standard InChI is InChI=1S/C13H17ClN2O2/c1-9-2-3-10(14)11(6-9)16-12(18)15-7-13(8-17)4-5-13/h2-3,6,17H,4-5,7-8H2,1H3,(H2,15,16,18). The van der Waals surface area contributed by atoms with Gasteiger partial charge in [0, 0.05) is 12.0 Å². The lowest BCUT2D eigenvalue weighted by molar-refractivity contribution is 0.206. The van der Waals surface area contributed by atoms with E-state index in [0.29, 0.717) is 17.3 Å². The van der Waals surface area contributed by atoms with Crippen molar-refractivity contribution >= 4 is 23.3 Å². The molecular weight excluding hydrogens is 252 g/mol. The third-order valence-electron chi connectivity index (χ3n) is 3.29. The Bertz CT molecular complexity index is 458. The van der Waals surface area contributed by atoms with Gasteiger partial charge in [-0.05, 0) is 37.5 Å². The third kappa shape index (κ3) is 3.15. The Balaban J connectivity index is 1.89. The van der Waals surface area contributed by atoms with E-state index in [9.17, 15) is 4.79 Å². The first-order valence-electron chi connectivity index (χ1n) is 5.97. The van der Waals surface area contributed by atoms with Crippen LogP contribution in [0.2, 0.25) is 5.02 Å². The predicted molar refractivity (Wildman–Crippen MR) is 72.0 cm³/mol. The molecule has 0 aromatic heterocycles. The zero-order valence-electron chi connectivity index (χ0n) is 10.3. The van der Waals surface area contributed by atoms with E-state index in [1.165, 1.54) is 0 Å². The van der Waals surface area contributed by atoms with Gasteiger partial charge in [0.1, 0.15) is 0 Å². The van der Waals surface area contributed by atoms with Crippen LogP contribution in [0.3, 0.4) is 0 Å². The third-order valence-corrected chi connectivity index (χ3v) is 3.62. The number of nitrogens with one attached hydrogen (secondary N) is 2. The number of carbonyl (C=O) groups is 1. The number of halogens is 1. The summed E-state index contributed by atoms with van der Waals surface area (Å²) in [5.41, 5.74) is 1.54. The minimum absolute atomic E-state index is 0.0895. The van der Waals surface area contributed by atoms with Crippen molar-refractivity contribution in [2.24, 2.45) is 5.41 Å². The Morgan fingerprint density at radius 3 is 2.83 bits per heavy atom. The minimum Gasteiger partial charge on any atom is -0.396 e. The molecule has 1 saturated carbocycles. The number of anilines is 1. The zero-order chi connectivity index (χ0) is 13.2. The molecule has 98 valence electrons. The number of aliphatic hydroxyl groups is 1. The Labute approximate surface area is 111 Å². The van der Waals surface area contributed by atoms with Gasteiger partial charge in [-0.2, -0.15) is 0 Å². The number of urea groups is 1. The minimum atomic E-state index is -0.290. The molecule has 1 fully saturated rings. The molecule has 1 aliphatic carbocycles. The Kier molecular flexibility index (Phi) is 3.78. The topological polar surface area (TPSA) is 61.4 Å². The van der Waals surface area contributed by atoms with E-state index in [2.05, 4.69) is 10.6 Å². The summed E-state index contributed by atoms with van der Waals surface area (Å²) < 4.78 is 0. The van der Waals surface area contributed by atoms with Gasteiger partial charge >= 0.3 is 6.03 Å². The number of rotatable bonds is 4. The Hall–Kier alpha value is -1.26. The first-order valence-corrected chi connectivity index (χ1v) is 6.34. The summed E-state index contributed by atoms with van der Waals surface area (Å²) in [7, 11) is 0. The Morgan fingerprint density at radius 2 is 2.22 bits per heavy atom. The number of aryl methyl sites for hydroxylation is 1. The molecular formula is C13H17ClN2O2. The van der Waals surface area contributed by atoms with Crippen molar-refractivity contribution in [2.75, 3.05) is 18.5 Å². The number of hydrogen-bond acceptors (Lipinski definition) is 2. The fourth-order valence-electron chi connectivity index (χ4n) is 1.74. The largest absolute Gasteiger partial charge is 0.396 e. The smallest absolute Gasteiger partial charge is 0.319 e. The van der Waals surface area contributed by atoms with Crippen LogP contribution in [-0.4, -0.2) is 24.3 Å². The molecule has 18 heavy (non-hydrogen) atoms. The number of aliphatic hydroxyl groups excluding tert-OH is 1. The van der Waals surface area contributed by atoms with Crippen LogP contribution in [0, 0.1) is 12.3 Å². The molecule has 3 N–H and O–H groups in total. The molecule has 0 aliphatic heterocycles. The van der Waals surface area contributed by atoms with Crippen LogP contribution in [0.5, 0.6) is 0 Å². The van der Waals surface area contributed by atoms with E-state index < -0.39 is 0 Å². The molecule has 2 rings (SSSR count). The second-order valence-electron chi connectivity index (χ2n) is 4.95. The van der Waals surface area contributed by atoms with Crippen LogP contribution in [0.1, 0.15) is 18.4 Å². The molecule has 0 saturated heterocycles. The lowest BCUT2D eigenvalue weighted by Gasteiger charge is -2.14. The predicted octanol–water partition coefficient (Wildman–Crippen LogP) is 2.54. The lowest BCUT2D eigenvalue weighted by Crippen LogP contribution is -2.35. The molecule has 1 aromatic rings. The molecule has 1 aromatic carbocycles. The average Bonchev–Trinajstić information content (AvgIpc) is 3.12. The molecule has 5 heteroatoms. The van der Waals surface area contributed by atoms with Gasteiger partial charge < -0.3 is 15.7 Å². The van der Waals surface area contributed by atoms with Crippen LogP contribution < -0.4 is 10.6 Å². The highest BCUT2D eigenvalue weighted by Gasteiger charge is 2.42. The second-order valence-corrected chi connectivity index (χ2v) is 5.36. The van der Waals surface area contributed by atoms with Crippen molar-refractivity contribution in [3.8, 4) is 0 Å². The van der Waals surface area contributed by atoms with Crippen molar-refractivity contribution in [3.63, 3.8) is 0 Å². The van der Waals surface area contributed by atoms with Gasteiger partial charge in [-0.1, -0.05) is 17.7 Å². The highest BCUT2D eigenvalue weighted by atomic mass is 35.5. The number of benzene rings is 1. The summed E-state index contributed by atoms with van der Waals surface area (Å²) in [5.74, 6) is 0. The van der Waals surface area contributed by atoms with E-state index in [0.717, 1.165) is 18.4 Å². The molecule has 1 aliphatic rings. The summed E-state index contributed by atoms with van der Waals surface area (Å²) in [6.07, 6.45) is 1.93. The van der Waals surface area contributed by atoms with Gasteiger partial charge in [0.2, 0.25) is 0 Å². The molecule has 0 radical (unpaired) electrons. The van der Waals surface area contributed by atoms with Crippen molar-refractivity contribution < 1.29 is 9.90 Å². The molecule has 0 bridgehead atoms. The summed E-state index contributed by atoms with van der Waals surface area (Å²) in [6, 6.07) is 5.17. The van der Waals surface area contributed by atoms with Crippen LogP contribution >= 0.6 is 11.6 Å². The van der Waals surface area contributed by atoms with Crippen LogP contribution in [-0.2, 0) is 0 Å². The number of carbonyl (C=O) groups excluding carboxylic acids is 1. The number of hydrogen-bond donors (Lipinski definition) is 3. The highest BCUT2D eigenvalue weighted by Crippen LogP contribution is 2.44. The SMILES string of the molecule is Cc1ccc(Cl)c(NC(=O)NCC2(CO)CC2)c1. The average molecular weight is 269 g/mol. The van der Waals surface area contributed by atoms with Crippen molar-refractivity contribution in [1.29, 1.82) is 0 Å². The molecule has 0 spiro atoms. The maximum atomic E-state index is 11.7. The van der Waals surface area contributed by atoms with E-state index in [-0.39, 0.29) is 18.1 Å². The van der Waals surface area contributed by atoms with Crippen LogP contribution in [0.4, 0.5) is 10.5 Å². The maximum Gasteiger partial charge on any atom is 0.319 e. The van der Waals surface area contributed by atoms with Crippen LogP contribution in [0.25, 0.3) is 0 Å². The molecule has 0 unspecified atom stereocenters. The van der Waals surface area contributed by atoms with Gasteiger partial charge in [0.05, 0.1) is 17.3 Å². The lowest BCUT2D eigenvalue weighted by atomic mass is 10.1. The Morgan fingerprint density at radius 1 is 1.50 bits per heavy atom. The fourth-order valence-corrected chi connectivity index (χ4v) is 1.90.